The molecule has 0 saturated carbocycles. The van der Waals surface area contributed by atoms with Gasteiger partial charge in [0, 0.05) is 4.47 Å². The summed E-state index contributed by atoms with van der Waals surface area (Å²) in [5, 5.41) is 0. The Morgan fingerprint density at radius 2 is 2.29 bits per heavy atom. The molecule has 1 aliphatic carbocycles. The number of hydrogen-bond acceptors (Lipinski definition) is 1. The lowest BCUT2D eigenvalue weighted by Gasteiger charge is -2.25. The van der Waals surface area contributed by atoms with Gasteiger partial charge in [-0.05, 0) is 61.4 Å². The molecule has 0 aliphatic heterocycles. The molecule has 0 saturated heterocycles. The zero-order valence-electron chi connectivity index (χ0n) is 8.30. The van der Waals surface area contributed by atoms with Gasteiger partial charge in [0.1, 0.15) is 0 Å². The number of benzene rings is 1. The molecule has 0 spiro atoms. The molecule has 2 N–H and O–H groups in total. The number of aryl methyl sites for hydroxylation is 1. The molecule has 0 heterocycles. The van der Waals surface area contributed by atoms with Crippen molar-refractivity contribution in [2.75, 3.05) is 6.54 Å². The van der Waals surface area contributed by atoms with Crippen LogP contribution in [0.1, 0.15) is 36.3 Å². The summed E-state index contributed by atoms with van der Waals surface area (Å²) in [6, 6.07) is 6.67. The quantitative estimate of drug-likeness (QED) is 0.861. The molecule has 0 amide bonds. The van der Waals surface area contributed by atoms with E-state index in [0.717, 1.165) is 13.0 Å². The highest BCUT2D eigenvalue weighted by molar-refractivity contribution is 9.10. The van der Waals surface area contributed by atoms with Gasteiger partial charge in [-0.3, -0.25) is 0 Å². The first-order valence-corrected chi connectivity index (χ1v) is 6.09. The Kier molecular flexibility index (Phi) is 3.24. The molecule has 76 valence electrons. The van der Waals surface area contributed by atoms with E-state index in [1.165, 1.54) is 34.9 Å². The van der Waals surface area contributed by atoms with Gasteiger partial charge in [-0.15, -0.1) is 0 Å². The van der Waals surface area contributed by atoms with Crippen molar-refractivity contribution in [1.29, 1.82) is 0 Å². The van der Waals surface area contributed by atoms with Gasteiger partial charge >= 0.3 is 0 Å². The normalized spacial score (nSPS) is 20.6. The first-order chi connectivity index (χ1) is 6.81. The first-order valence-electron chi connectivity index (χ1n) is 5.29. The average molecular weight is 254 g/mol. The van der Waals surface area contributed by atoms with Crippen molar-refractivity contribution in [3.63, 3.8) is 0 Å². The van der Waals surface area contributed by atoms with E-state index in [9.17, 15) is 0 Å². The van der Waals surface area contributed by atoms with E-state index in [-0.39, 0.29) is 0 Å². The van der Waals surface area contributed by atoms with Crippen molar-refractivity contribution in [2.24, 2.45) is 5.73 Å². The van der Waals surface area contributed by atoms with Crippen molar-refractivity contribution in [3.8, 4) is 0 Å². The van der Waals surface area contributed by atoms with Gasteiger partial charge in [-0.2, -0.15) is 0 Å². The van der Waals surface area contributed by atoms with Crippen LogP contribution in [0.25, 0.3) is 0 Å². The summed E-state index contributed by atoms with van der Waals surface area (Å²) >= 11 is 3.52. The average Bonchev–Trinajstić information content (AvgIpc) is 2.18. The molecule has 14 heavy (non-hydrogen) atoms. The monoisotopic (exact) mass is 253 g/mol. The fraction of sp³-hybridized carbons (Fsp3) is 0.500. The maximum absolute atomic E-state index is 5.64. The molecule has 1 aliphatic rings. The molecule has 0 fully saturated rings. The van der Waals surface area contributed by atoms with Crippen LogP contribution < -0.4 is 5.73 Å². The minimum Gasteiger partial charge on any atom is -0.330 e. The lowest BCUT2D eigenvalue weighted by Crippen LogP contribution is -2.13. The number of nitrogens with two attached hydrogens (primary N) is 1. The molecule has 0 radical (unpaired) electrons. The third-order valence-corrected chi connectivity index (χ3v) is 3.55. The van der Waals surface area contributed by atoms with Crippen LogP contribution in [0.2, 0.25) is 0 Å². The van der Waals surface area contributed by atoms with Crippen LogP contribution in [0.4, 0.5) is 0 Å². The first kappa shape index (κ1) is 10.2. The highest BCUT2D eigenvalue weighted by Gasteiger charge is 2.19. The van der Waals surface area contributed by atoms with Gasteiger partial charge in [0.05, 0.1) is 0 Å². The van der Waals surface area contributed by atoms with Crippen LogP contribution in [-0.4, -0.2) is 6.54 Å². The molecule has 1 atom stereocenters. The third-order valence-electron chi connectivity index (χ3n) is 3.06. The summed E-state index contributed by atoms with van der Waals surface area (Å²) in [5.74, 6) is 0.705. The highest BCUT2D eigenvalue weighted by Crippen LogP contribution is 2.34. The predicted octanol–water partition coefficient (Wildman–Crippen LogP) is 3.22. The van der Waals surface area contributed by atoms with E-state index in [2.05, 4.69) is 34.1 Å². The molecule has 0 bridgehead atoms. The van der Waals surface area contributed by atoms with E-state index >= 15 is 0 Å². The Balaban J connectivity index is 2.30. The molecule has 0 aromatic heterocycles. The summed E-state index contributed by atoms with van der Waals surface area (Å²) < 4.78 is 1.20. The fourth-order valence-electron chi connectivity index (χ4n) is 2.38. The van der Waals surface area contributed by atoms with Gasteiger partial charge in [0.2, 0.25) is 0 Å². The molecule has 2 rings (SSSR count). The van der Waals surface area contributed by atoms with Crippen LogP contribution in [0, 0.1) is 0 Å². The zero-order valence-corrected chi connectivity index (χ0v) is 9.89. The molecular formula is C12H16BrN. The van der Waals surface area contributed by atoms with E-state index in [4.69, 9.17) is 5.73 Å². The van der Waals surface area contributed by atoms with Crippen molar-refractivity contribution in [3.05, 3.63) is 33.8 Å². The summed E-state index contributed by atoms with van der Waals surface area (Å²) in [7, 11) is 0. The third kappa shape index (κ3) is 2.01. The second-order valence-corrected chi connectivity index (χ2v) is 4.93. The topological polar surface area (TPSA) is 26.0 Å². The maximum atomic E-state index is 5.64. The van der Waals surface area contributed by atoms with Crippen molar-refractivity contribution in [2.45, 2.75) is 31.6 Å². The van der Waals surface area contributed by atoms with Crippen LogP contribution in [0.5, 0.6) is 0 Å². The Morgan fingerprint density at radius 3 is 3.07 bits per heavy atom. The molecule has 1 unspecified atom stereocenters. The maximum Gasteiger partial charge on any atom is 0.0178 e. The zero-order chi connectivity index (χ0) is 9.97. The Morgan fingerprint density at radius 1 is 1.43 bits per heavy atom. The number of halogens is 1. The Labute approximate surface area is 93.8 Å². The molecular weight excluding hydrogens is 238 g/mol. The summed E-state index contributed by atoms with van der Waals surface area (Å²) in [6.45, 7) is 0.806. The fourth-order valence-corrected chi connectivity index (χ4v) is 2.79. The predicted molar refractivity (Wildman–Crippen MR) is 63.5 cm³/mol. The molecule has 1 aromatic rings. The molecule has 1 nitrogen and oxygen atoms in total. The second kappa shape index (κ2) is 4.45. The van der Waals surface area contributed by atoms with Crippen molar-refractivity contribution >= 4 is 15.9 Å². The van der Waals surface area contributed by atoms with Crippen molar-refractivity contribution < 1.29 is 0 Å². The van der Waals surface area contributed by atoms with Crippen molar-refractivity contribution in [1.82, 2.24) is 0 Å². The number of hydrogen-bond donors (Lipinski definition) is 1. The number of rotatable bonds is 2. The van der Waals surface area contributed by atoms with Gasteiger partial charge < -0.3 is 5.73 Å². The SMILES string of the molecule is NCCC1CCCc2cc(Br)ccc21. The Hall–Kier alpha value is -0.340. The van der Waals surface area contributed by atoms with E-state index < -0.39 is 0 Å². The van der Waals surface area contributed by atoms with Gasteiger partial charge in [-0.1, -0.05) is 22.0 Å². The van der Waals surface area contributed by atoms with E-state index in [1.54, 1.807) is 0 Å². The van der Waals surface area contributed by atoms with E-state index in [1.807, 2.05) is 0 Å². The van der Waals surface area contributed by atoms with Gasteiger partial charge in [-0.25, -0.2) is 0 Å². The van der Waals surface area contributed by atoms with Crippen LogP contribution >= 0.6 is 15.9 Å². The van der Waals surface area contributed by atoms with Crippen LogP contribution in [0.15, 0.2) is 22.7 Å². The largest absolute Gasteiger partial charge is 0.330 e. The standard InChI is InChI=1S/C12H16BrN/c13-11-4-5-12-9(6-7-14)2-1-3-10(12)8-11/h4-5,8-9H,1-3,6-7,14H2. The summed E-state index contributed by atoms with van der Waals surface area (Å²) in [6.07, 6.45) is 4.99. The lowest BCUT2D eigenvalue weighted by atomic mass is 9.81. The molecule has 1 aromatic carbocycles. The highest BCUT2D eigenvalue weighted by atomic mass is 79.9. The minimum atomic E-state index is 0.705. The Bertz CT molecular complexity index is 322. The van der Waals surface area contributed by atoms with E-state index in [0.29, 0.717) is 5.92 Å². The summed E-state index contributed by atoms with van der Waals surface area (Å²) in [4.78, 5) is 0. The number of fused-ring (bicyclic) bond motifs is 1. The minimum absolute atomic E-state index is 0.705. The van der Waals surface area contributed by atoms with Crippen LogP contribution in [0.3, 0.4) is 0 Å². The lowest BCUT2D eigenvalue weighted by molar-refractivity contribution is 0.526. The van der Waals surface area contributed by atoms with Gasteiger partial charge in [0.25, 0.3) is 0 Å². The second-order valence-electron chi connectivity index (χ2n) is 4.01. The summed E-state index contributed by atoms with van der Waals surface area (Å²) in [5.41, 5.74) is 8.69. The smallest absolute Gasteiger partial charge is 0.0178 e. The van der Waals surface area contributed by atoms with Gasteiger partial charge in [0.15, 0.2) is 0 Å². The molecule has 2 heteroatoms. The van der Waals surface area contributed by atoms with Crippen LogP contribution in [-0.2, 0) is 6.42 Å².